The third-order valence-corrected chi connectivity index (χ3v) is 22.0. The summed E-state index contributed by atoms with van der Waals surface area (Å²) in [5, 5.41) is 9.11. The number of esters is 1. The maximum atomic E-state index is 15.7. The van der Waals surface area contributed by atoms with Crippen LogP contribution in [0.4, 0.5) is 0 Å². The topological polar surface area (TPSA) is 162 Å². The van der Waals surface area contributed by atoms with Crippen LogP contribution in [0.2, 0.25) is 0 Å². The van der Waals surface area contributed by atoms with Gasteiger partial charge in [-0.2, -0.15) is 0 Å². The number of amides is 2. The molecule has 4 saturated carbocycles. The summed E-state index contributed by atoms with van der Waals surface area (Å²) in [5.41, 5.74) is 9.92. The number of nitrogens with one attached hydrogen (secondary N) is 2. The number of ether oxygens (including phenoxy) is 5. The van der Waals surface area contributed by atoms with Gasteiger partial charge in [-0.1, -0.05) is 26.8 Å². The van der Waals surface area contributed by atoms with Crippen molar-refractivity contribution in [2.45, 2.75) is 210 Å². The molecule has 3 aromatic heterocycles. The molecule has 430 valence electrons. The van der Waals surface area contributed by atoms with E-state index >= 15 is 4.79 Å². The predicted molar refractivity (Wildman–Crippen MR) is 305 cm³/mol. The minimum atomic E-state index is -0.986. The zero-order chi connectivity index (χ0) is 55.2. The van der Waals surface area contributed by atoms with E-state index in [0.29, 0.717) is 63.7 Å². The van der Waals surface area contributed by atoms with Crippen molar-refractivity contribution in [1.82, 2.24) is 40.1 Å². The zero-order valence-electron chi connectivity index (χ0n) is 48.4. The summed E-state index contributed by atoms with van der Waals surface area (Å²) in [6.07, 6.45) is 13.7. The standard InChI is InChI=1S/C63H84N8O8S/c1-35(75-8)51-47(26-41(29-64-51)38-13-16-68(17-14-38)42-10-11-42)54-48-28-60(3,4)34-77-58(73)52-40-23-44(24-40)71(67-52)57(72)53(66-59(74)63-32-62(7,33-63)36(2)79-63)55(70-30-37-21-43(70)22-37)56-65-49(31-80-56)39-9-12-50(46(48)25-39)69(54)18-20-76-45-15-19-78-61(5,6)27-45/h9,12,25-26,29,31,35-38,40,42-45,52-53,55,67H,10-11,13-24,27-28,30,32-34H2,1-8H3,(H,66,74)/t35-,36-,37?,40?,43?,44?,45-,52-,53-,55-,62?,63?/m0/s1. The summed E-state index contributed by atoms with van der Waals surface area (Å²) < 4.78 is 34.6. The third-order valence-electron chi connectivity index (χ3n) is 21.1. The Morgan fingerprint density at radius 2 is 1.77 bits per heavy atom. The molecule has 1 aromatic carbocycles. The lowest BCUT2D eigenvalue weighted by molar-refractivity contribution is -0.172. The molecule has 0 unspecified atom stereocenters. The quantitative estimate of drug-likeness (QED) is 0.129. The summed E-state index contributed by atoms with van der Waals surface area (Å²) in [6, 6.07) is 7.87. The number of carbonyl (C=O) groups is 3. The van der Waals surface area contributed by atoms with Crippen LogP contribution in [0.25, 0.3) is 33.4 Å². The molecule has 16 nitrogen and oxygen atoms in total. The molecule has 6 atom stereocenters. The van der Waals surface area contributed by atoms with Crippen molar-refractivity contribution in [3.05, 3.63) is 57.7 Å². The zero-order valence-corrected chi connectivity index (χ0v) is 49.2. The first kappa shape index (κ1) is 53.7. The predicted octanol–water partition coefficient (Wildman–Crippen LogP) is 9.05. The number of hydrogen-bond donors (Lipinski definition) is 2. The second-order valence-corrected chi connectivity index (χ2v) is 28.9. The van der Waals surface area contributed by atoms with Crippen LogP contribution in [-0.2, 0) is 51.0 Å². The molecule has 17 heteroatoms. The van der Waals surface area contributed by atoms with Crippen molar-refractivity contribution in [3.63, 3.8) is 0 Å². The van der Waals surface area contributed by atoms with E-state index in [2.05, 4.69) is 109 Å². The van der Waals surface area contributed by atoms with Crippen molar-refractivity contribution in [2.75, 3.05) is 46.6 Å². The number of hydrogen-bond acceptors (Lipinski definition) is 14. The number of rotatable bonds is 12. The Morgan fingerprint density at radius 3 is 2.48 bits per heavy atom. The number of thiazole rings is 1. The summed E-state index contributed by atoms with van der Waals surface area (Å²) in [6.45, 7) is 20.0. The Bertz CT molecular complexity index is 3060. The molecule has 13 aliphatic rings. The van der Waals surface area contributed by atoms with Gasteiger partial charge in [0.15, 0.2) is 0 Å². The highest BCUT2D eigenvalue weighted by molar-refractivity contribution is 7.10. The van der Waals surface area contributed by atoms with Gasteiger partial charge in [-0.25, -0.2) is 10.4 Å². The molecule has 8 saturated heterocycles. The molecule has 0 radical (unpaired) electrons. The van der Waals surface area contributed by atoms with Gasteiger partial charge in [-0.05, 0) is 165 Å². The number of pyridine rings is 1. The lowest BCUT2D eigenvalue weighted by Crippen LogP contribution is -2.72. The minimum absolute atomic E-state index is 0.0284. The van der Waals surface area contributed by atoms with Crippen LogP contribution in [-0.4, -0.2) is 147 Å². The van der Waals surface area contributed by atoms with Gasteiger partial charge >= 0.3 is 5.97 Å². The Labute approximate surface area is 475 Å². The summed E-state index contributed by atoms with van der Waals surface area (Å²) in [5.74, 6) is 0.107. The van der Waals surface area contributed by atoms with Gasteiger partial charge in [0, 0.05) is 95.8 Å². The van der Waals surface area contributed by atoms with Gasteiger partial charge in [0.2, 0.25) is 0 Å². The van der Waals surface area contributed by atoms with Gasteiger partial charge < -0.3 is 38.5 Å². The van der Waals surface area contributed by atoms with Gasteiger partial charge in [0.1, 0.15) is 22.7 Å². The van der Waals surface area contributed by atoms with E-state index in [1.54, 1.807) is 23.5 Å². The van der Waals surface area contributed by atoms with Crippen LogP contribution < -0.4 is 10.7 Å². The third kappa shape index (κ3) is 9.38. The minimum Gasteiger partial charge on any atom is -0.464 e. The number of methoxy groups -OCH3 is 1. The number of likely N-dealkylation sites (tertiary alicyclic amines) is 1. The van der Waals surface area contributed by atoms with Crippen LogP contribution in [0.1, 0.15) is 165 Å². The molecule has 12 heterocycles. The fourth-order valence-corrected chi connectivity index (χ4v) is 17.1. The van der Waals surface area contributed by atoms with E-state index in [0.717, 1.165) is 114 Å². The Morgan fingerprint density at radius 1 is 0.988 bits per heavy atom. The van der Waals surface area contributed by atoms with Crippen molar-refractivity contribution >= 4 is 40.0 Å². The van der Waals surface area contributed by atoms with E-state index < -0.39 is 29.1 Å². The van der Waals surface area contributed by atoms with E-state index in [1.165, 1.54) is 18.4 Å². The molecule has 2 N–H and O–H groups in total. The average molecular weight is 1110 g/mol. The summed E-state index contributed by atoms with van der Waals surface area (Å²) >= 11 is 1.57. The van der Waals surface area contributed by atoms with E-state index in [-0.39, 0.29) is 71.7 Å². The second kappa shape index (κ2) is 19.9. The molecule has 9 aliphatic heterocycles. The monoisotopic (exact) mass is 1110 g/mol. The number of hydrazine groups is 1. The summed E-state index contributed by atoms with van der Waals surface area (Å²) in [7, 11) is 1.77. The number of aromatic nitrogens is 3. The van der Waals surface area contributed by atoms with Crippen LogP contribution in [0.5, 0.6) is 0 Å². The van der Waals surface area contributed by atoms with Crippen molar-refractivity contribution in [2.24, 2.45) is 22.7 Å². The van der Waals surface area contributed by atoms with E-state index in [9.17, 15) is 9.59 Å². The maximum absolute atomic E-state index is 15.7. The first-order chi connectivity index (χ1) is 38.3. The van der Waals surface area contributed by atoms with Crippen LogP contribution in [0, 0.1) is 22.7 Å². The highest BCUT2D eigenvalue weighted by atomic mass is 32.1. The van der Waals surface area contributed by atoms with Gasteiger partial charge in [0.05, 0.1) is 60.3 Å². The normalized spacial score (nSPS) is 35.2. The fourth-order valence-electron chi connectivity index (χ4n) is 16.1. The molecule has 4 aliphatic carbocycles. The largest absolute Gasteiger partial charge is 0.464 e. The molecule has 12 bridgehead atoms. The molecule has 0 spiro atoms. The number of cyclic esters (lactones) is 1. The fraction of sp³-hybridized carbons (Fsp3) is 0.698. The molecular formula is C63H84N8O8S. The Hall–Kier alpha value is -4.33. The highest BCUT2D eigenvalue weighted by Crippen LogP contribution is 2.61. The van der Waals surface area contributed by atoms with Crippen molar-refractivity contribution < 1.29 is 38.1 Å². The van der Waals surface area contributed by atoms with Crippen LogP contribution in [0.3, 0.4) is 0 Å². The number of carbonyl (C=O) groups excluding carboxylic acids is 3. The number of nitrogens with zero attached hydrogens (tertiary/aromatic N) is 6. The number of piperidine rings is 1. The Kier molecular flexibility index (Phi) is 13.4. The number of fused-ring (bicyclic) bond motifs is 6. The first-order valence-corrected chi connectivity index (χ1v) is 31.4. The molecule has 17 rings (SSSR count). The van der Waals surface area contributed by atoms with Crippen molar-refractivity contribution in [3.8, 4) is 22.5 Å². The number of benzene rings is 1. The van der Waals surface area contributed by atoms with Crippen LogP contribution in [0.15, 0.2) is 35.8 Å². The first-order valence-electron chi connectivity index (χ1n) is 30.5. The van der Waals surface area contributed by atoms with E-state index in [1.807, 2.05) is 0 Å². The lowest BCUT2D eigenvalue weighted by Gasteiger charge is -2.53. The SMILES string of the molecule is CO[C@@H](C)c1ncc(C2CCN(C3CC3)CC2)cc1-c1c2c3cc(ccc3n1CCO[C@H]1CCOC(C)(C)C1)-c1csc(n1)[C@@H](N1CC3CC1C3)[C@H](NC(=O)C13CC(C)(C1)[C@H](C)O3)C(=O)N1N[C@H](C(=O)OCC(C)(C)C2)C2CC1C2. The molecule has 12 fully saturated rings. The average Bonchev–Trinajstić information content (AvgIpc) is 3.81. The van der Waals surface area contributed by atoms with Gasteiger partial charge in [0.25, 0.3) is 11.8 Å². The molecule has 80 heavy (non-hydrogen) atoms. The highest BCUT2D eigenvalue weighted by Gasteiger charge is 2.68. The smallest absolute Gasteiger partial charge is 0.325 e. The van der Waals surface area contributed by atoms with Gasteiger partial charge in [-0.15, -0.1) is 11.3 Å². The second-order valence-electron chi connectivity index (χ2n) is 28.0. The molecular weight excluding hydrogens is 1030 g/mol. The lowest BCUT2D eigenvalue weighted by atomic mass is 9.61. The maximum Gasteiger partial charge on any atom is 0.325 e. The van der Waals surface area contributed by atoms with E-state index in [4.69, 9.17) is 33.7 Å². The van der Waals surface area contributed by atoms with Gasteiger partial charge in [-0.3, -0.25) is 29.3 Å². The molecule has 4 aromatic rings. The van der Waals surface area contributed by atoms with Crippen molar-refractivity contribution in [1.29, 1.82) is 0 Å². The Balaban J connectivity index is 0.912. The molecule has 2 amide bonds. The summed E-state index contributed by atoms with van der Waals surface area (Å²) in [4.78, 5) is 61.4. The van der Waals surface area contributed by atoms with Crippen LogP contribution >= 0.6 is 11.3 Å².